The monoisotopic (exact) mass is 271 g/mol. The van der Waals surface area contributed by atoms with Gasteiger partial charge < -0.3 is 10.8 Å². The lowest BCUT2D eigenvalue weighted by molar-refractivity contribution is 0.0699. The van der Waals surface area contributed by atoms with Crippen LogP contribution in [-0.2, 0) is 0 Å². The second-order valence-electron chi connectivity index (χ2n) is 5.31. The Morgan fingerprint density at radius 2 is 1.95 bits per heavy atom. The third-order valence-electron chi connectivity index (χ3n) is 4.00. The van der Waals surface area contributed by atoms with Crippen molar-refractivity contribution in [1.82, 2.24) is 9.97 Å². The molecule has 0 radical (unpaired) electrons. The molecule has 0 amide bonds. The van der Waals surface area contributed by atoms with E-state index in [1.807, 2.05) is 6.07 Å². The summed E-state index contributed by atoms with van der Waals surface area (Å²) < 4.78 is 0. The molecule has 0 bridgehead atoms. The van der Waals surface area contributed by atoms with Crippen molar-refractivity contribution >= 4 is 22.8 Å². The van der Waals surface area contributed by atoms with Crippen LogP contribution >= 0.6 is 0 Å². The Morgan fingerprint density at radius 3 is 2.65 bits per heavy atom. The molecule has 0 unspecified atom stereocenters. The van der Waals surface area contributed by atoms with Crippen molar-refractivity contribution in [2.45, 2.75) is 38.0 Å². The molecule has 1 fully saturated rings. The molecule has 3 rings (SSSR count). The Morgan fingerprint density at radius 1 is 1.20 bits per heavy atom. The number of para-hydroxylation sites is 1. The summed E-state index contributed by atoms with van der Waals surface area (Å²) in [7, 11) is 0. The number of rotatable bonds is 2. The molecule has 0 aliphatic heterocycles. The number of aromatic nitrogens is 2. The molecule has 1 aromatic carbocycles. The van der Waals surface area contributed by atoms with Crippen molar-refractivity contribution in [1.29, 1.82) is 0 Å². The lowest BCUT2D eigenvalue weighted by Gasteiger charge is -2.22. The summed E-state index contributed by atoms with van der Waals surface area (Å²) >= 11 is 0. The van der Waals surface area contributed by atoms with E-state index in [0.717, 1.165) is 23.9 Å². The van der Waals surface area contributed by atoms with Gasteiger partial charge >= 0.3 is 5.97 Å². The van der Waals surface area contributed by atoms with Gasteiger partial charge in [-0.3, -0.25) is 0 Å². The van der Waals surface area contributed by atoms with E-state index in [0.29, 0.717) is 11.4 Å². The highest BCUT2D eigenvalue weighted by Gasteiger charge is 2.22. The fraction of sp³-hybridized carbons (Fsp3) is 0.400. The SMILES string of the molecule is Nc1nc(C2CCCCC2)c2cccc(C(=O)O)c2n1. The largest absolute Gasteiger partial charge is 0.478 e. The average molecular weight is 271 g/mol. The average Bonchev–Trinajstić information content (AvgIpc) is 2.46. The van der Waals surface area contributed by atoms with Gasteiger partial charge in [0, 0.05) is 11.3 Å². The van der Waals surface area contributed by atoms with Gasteiger partial charge in [0.05, 0.1) is 16.8 Å². The Balaban J connectivity index is 2.21. The van der Waals surface area contributed by atoms with Crippen LogP contribution in [0.15, 0.2) is 18.2 Å². The minimum absolute atomic E-state index is 0.159. The molecule has 5 nitrogen and oxygen atoms in total. The summed E-state index contributed by atoms with van der Waals surface area (Å²) in [6.45, 7) is 0. The molecule has 0 atom stereocenters. The summed E-state index contributed by atoms with van der Waals surface area (Å²) in [6, 6.07) is 5.20. The Kier molecular flexibility index (Phi) is 3.26. The van der Waals surface area contributed by atoms with E-state index in [1.54, 1.807) is 12.1 Å². The molecule has 3 N–H and O–H groups in total. The van der Waals surface area contributed by atoms with Crippen molar-refractivity contribution in [2.24, 2.45) is 0 Å². The third-order valence-corrected chi connectivity index (χ3v) is 4.00. The van der Waals surface area contributed by atoms with Gasteiger partial charge in [0.2, 0.25) is 5.95 Å². The van der Waals surface area contributed by atoms with Gasteiger partial charge in [-0.15, -0.1) is 0 Å². The highest BCUT2D eigenvalue weighted by Crippen LogP contribution is 2.35. The maximum Gasteiger partial charge on any atom is 0.337 e. The maximum atomic E-state index is 11.3. The summed E-state index contributed by atoms with van der Waals surface area (Å²) in [6.07, 6.45) is 5.81. The van der Waals surface area contributed by atoms with Gasteiger partial charge in [0.1, 0.15) is 0 Å². The Bertz CT molecular complexity index is 663. The number of nitrogens with zero attached hydrogens (tertiary/aromatic N) is 2. The van der Waals surface area contributed by atoms with Gasteiger partial charge in [-0.05, 0) is 18.9 Å². The second-order valence-corrected chi connectivity index (χ2v) is 5.31. The van der Waals surface area contributed by atoms with Gasteiger partial charge in [-0.1, -0.05) is 31.4 Å². The van der Waals surface area contributed by atoms with Crippen molar-refractivity contribution in [3.63, 3.8) is 0 Å². The van der Waals surface area contributed by atoms with Crippen LogP contribution in [0.2, 0.25) is 0 Å². The van der Waals surface area contributed by atoms with E-state index in [-0.39, 0.29) is 11.5 Å². The van der Waals surface area contributed by atoms with Crippen LogP contribution in [0.1, 0.15) is 54.1 Å². The molecule has 104 valence electrons. The zero-order valence-corrected chi connectivity index (χ0v) is 11.2. The van der Waals surface area contributed by atoms with Crippen molar-refractivity contribution in [3.8, 4) is 0 Å². The first-order chi connectivity index (χ1) is 9.66. The predicted octanol–water partition coefficient (Wildman–Crippen LogP) is 2.96. The van der Waals surface area contributed by atoms with Gasteiger partial charge in [-0.25, -0.2) is 14.8 Å². The molecule has 1 saturated carbocycles. The fourth-order valence-electron chi connectivity index (χ4n) is 3.05. The summed E-state index contributed by atoms with van der Waals surface area (Å²) in [5, 5.41) is 10.1. The zero-order valence-electron chi connectivity index (χ0n) is 11.2. The summed E-state index contributed by atoms with van der Waals surface area (Å²) in [5.41, 5.74) is 7.34. The predicted molar refractivity (Wildman–Crippen MR) is 76.7 cm³/mol. The summed E-state index contributed by atoms with van der Waals surface area (Å²) in [5.74, 6) is -0.462. The molecule has 1 heterocycles. The Hall–Kier alpha value is -2.17. The molecule has 5 heteroatoms. The minimum atomic E-state index is -0.983. The van der Waals surface area contributed by atoms with Gasteiger partial charge in [-0.2, -0.15) is 0 Å². The number of aromatic carboxylic acids is 1. The number of hydrogen-bond donors (Lipinski definition) is 2. The van der Waals surface area contributed by atoms with E-state index in [4.69, 9.17) is 5.73 Å². The summed E-state index contributed by atoms with van der Waals surface area (Å²) in [4.78, 5) is 19.8. The molecule has 2 aromatic rings. The first kappa shape index (κ1) is 12.8. The number of nitrogen functional groups attached to an aromatic ring is 1. The molecule has 20 heavy (non-hydrogen) atoms. The third kappa shape index (κ3) is 2.19. The molecule has 0 saturated heterocycles. The highest BCUT2D eigenvalue weighted by molar-refractivity contribution is 6.02. The van der Waals surface area contributed by atoms with Crippen molar-refractivity contribution in [2.75, 3.05) is 5.73 Å². The lowest BCUT2D eigenvalue weighted by atomic mass is 9.85. The number of anilines is 1. The highest BCUT2D eigenvalue weighted by atomic mass is 16.4. The van der Waals surface area contributed by atoms with E-state index in [1.165, 1.54) is 19.3 Å². The van der Waals surface area contributed by atoms with Crippen LogP contribution in [0.25, 0.3) is 10.9 Å². The van der Waals surface area contributed by atoms with Gasteiger partial charge in [0.25, 0.3) is 0 Å². The number of carbonyl (C=O) groups is 1. The van der Waals surface area contributed by atoms with E-state index in [9.17, 15) is 9.90 Å². The standard InChI is InChI=1S/C15H17N3O2/c16-15-17-12(9-5-2-1-3-6-9)10-7-4-8-11(14(19)20)13(10)18-15/h4,7-9H,1-3,5-6H2,(H,19,20)(H2,16,17,18). The second kappa shape index (κ2) is 5.07. The lowest BCUT2D eigenvalue weighted by Crippen LogP contribution is -2.11. The van der Waals surface area contributed by atoms with Crippen LogP contribution in [0.4, 0.5) is 5.95 Å². The first-order valence-corrected chi connectivity index (χ1v) is 6.96. The minimum Gasteiger partial charge on any atom is -0.478 e. The van der Waals surface area contributed by atoms with Crippen molar-refractivity contribution < 1.29 is 9.90 Å². The van der Waals surface area contributed by atoms with Crippen LogP contribution in [0.5, 0.6) is 0 Å². The maximum absolute atomic E-state index is 11.3. The molecule has 0 spiro atoms. The Labute approximate surface area is 116 Å². The smallest absolute Gasteiger partial charge is 0.337 e. The number of benzene rings is 1. The number of nitrogens with two attached hydrogens (primary N) is 1. The molecule has 1 aromatic heterocycles. The molecular formula is C15H17N3O2. The first-order valence-electron chi connectivity index (χ1n) is 6.96. The molecule has 1 aliphatic rings. The van der Waals surface area contributed by atoms with Crippen LogP contribution in [0, 0.1) is 0 Å². The van der Waals surface area contributed by atoms with Crippen LogP contribution in [-0.4, -0.2) is 21.0 Å². The topological polar surface area (TPSA) is 89.1 Å². The molecular weight excluding hydrogens is 254 g/mol. The normalized spacial score (nSPS) is 16.4. The van der Waals surface area contributed by atoms with Crippen LogP contribution in [0.3, 0.4) is 0 Å². The van der Waals surface area contributed by atoms with Crippen LogP contribution < -0.4 is 5.73 Å². The van der Waals surface area contributed by atoms with E-state index >= 15 is 0 Å². The number of hydrogen-bond acceptors (Lipinski definition) is 4. The number of carboxylic acid groups (broad SMARTS) is 1. The van der Waals surface area contributed by atoms with E-state index < -0.39 is 5.97 Å². The molecule has 1 aliphatic carbocycles. The zero-order chi connectivity index (χ0) is 14.1. The quantitative estimate of drug-likeness (QED) is 0.876. The fourth-order valence-corrected chi connectivity index (χ4v) is 3.05. The number of carboxylic acids is 1. The number of fused-ring (bicyclic) bond motifs is 1. The van der Waals surface area contributed by atoms with E-state index in [2.05, 4.69) is 9.97 Å². The van der Waals surface area contributed by atoms with Gasteiger partial charge in [0.15, 0.2) is 0 Å². The van der Waals surface area contributed by atoms with Crippen molar-refractivity contribution in [3.05, 3.63) is 29.5 Å².